The maximum Gasteiger partial charge on any atom is 0.331 e. The Bertz CT molecular complexity index is 724. The predicted molar refractivity (Wildman–Crippen MR) is 141 cm³/mol. The number of carbonyl (C=O) groups is 2. The van der Waals surface area contributed by atoms with Gasteiger partial charge >= 0.3 is 6.03 Å². The first-order chi connectivity index (χ1) is 16.6. The number of urea groups is 1. The van der Waals surface area contributed by atoms with Gasteiger partial charge in [0, 0.05) is 25.6 Å². The summed E-state index contributed by atoms with van der Waals surface area (Å²) in [7, 11) is 0. The smallest absolute Gasteiger partial charge is 0.331 e. The van der Waals surface area contributed by atoms with Crippen LogP contribution < -0.4 is 15.4 Å². The van der Waals surface area contributed by atoms with Crippen molar-refractivity contribution in [1.82, 2.24) is 4.90 Å². The van der Waals surface area contributed by atoms with Crippen LogP contribution in [0.2, 0.25) is 0 Å². The molecule has 2 rings (SSSR count). The Morgan fingerprint density at radius 3 is 2.18 bits per heavy atom. The van der Waals surface area contributed by atoms with Crippen LogP contribution in [0.4, 0.5) is 10.5 Å². The average Bonchev–Trinajstić information content (AvgIpc) is 2.84. The van der Waals surface area contributed by atoms with Crippen LogP contribution in [0.5, 0.6) is 5.75 Å². The summed E-state index contributed by atoms with van der Waals surface area (Å²) in [5.41, 5.74) is 7.30. The monoisotopic (exact) mass is 473 g/mol. The minimum Gasteiger partial charge on any atom is -0.494 e. The van der Waals surface area contributed by atoms with E-state index in [-0.39, 0.29) is 11.9 Å². The number of hydrogen-bond donors (Lipinski definition) is 1. The van der Waals surface area contributed by atoms with E-state index in [2.05, 4.69) is 13.8 Å². The molecule has 0 unspecified atom stereocenters. The van der Waals surface area contributed by atoms with Crippen molar-refractivity contribution in [1.29, 1.82) is 0 Å². The van der Waals surface area contributed by atoms with E-state index in [0.29, 0.717) is 50.5 Å². The molecule has 0 saturated carbocycles. The number of amides is 3. The average molecular weight is 474 g/mol. The summed E-state index contributed by atoms with van der Waals surface area (Å²) >= 11 is 0. The van der Waals surface area contributed by atoms with Crippen molar-refractivity contribution in [3.05, 3.63) is 23.8 Å². The van der Waals surface area contributed by atoms with Crippen molar-refractivity contribution in [2.75, 3.05) is 31.1 Å². The summed E-state index contributed by atoms with van der Waals surface area (Å²) in [5.74, 6) is 0.591. The van der Waals surface area contributed by atoms with Crippen molar-refractivity contribution in [3.8, 4) is 5.75 Å². The van der Waals surface area contributed by atoms with Gasteiger partial charge in [-0.15, -0.1) is 0 Å². The Kier molecular flexibility index (Phi) is 13.7. The molecule has 0 bridgehead atoms. The van der Waals surface area contributed by atoms with Gasteiger partial charge in [-0.2, -0.15) is 0 Å². The summed E-state index contributed by atoms with van der Waals surface area (Å²) in [5, 5.41) is 0. The van der Waals surface area contributed by atoms with Crippen LogP contribution in [0.3, 0.4) is 0 Å². The van der Waals surface area contributed by atoms with Gasteiger partial charge in [0.25, 0.3) is 0 Å². The number of rotatable bonds is 17. The third-order valence-corrected chi connectivity index (χ3v) is 6.55. The van der Waals surface area contributed by atoms with E-state index >= 15 is 0 Å². The molecule has 1 aromatic carbocycles. The number of benzene rings is 1. The van der Waals surface area contributed by atoms with Gasteiger partial charge < -0.3 is 15.4 Å². The summed E-state index contributed by atoms with van der Waals surface area (Å²) in [6.45, 7) is 7.08. The highest BCUT2D eigenvalue weighted by atomic mass is 16.5. The van der Waals surface area contributed by atoms with Crippen LogP contribution in [-0.4, -0.2) is 43.1 Å². The van der Waals surface area contributed by atoms with Gasteiger partial charge in [-0.1, -0.05) is 71.3 Å². The van der Waals surface area contributed by atoms with Crippen LogP contribution in [0.25, 0.3) is 0 Å². The van der Waals surface area contributed by atoms with Crippen molar-refractivity contribution in [2.24, 2.45) is 5.73 Å². The molecule has 3 amide bonds. The van der Waals surface area contributed by atoms with E-state index in [1.165, 1.54) is 43.4 Å². The molecular weight excluding hydrogens is 426 g/mol. The second-order valence-electron chi connectivity index (χ2n) is 9.46. The van der Waals surface area contributed by atoms with Crippen molar-refractivity contribution in [3.63, 3.8) is 0 Å². The molecule has 0 aromatic heterocycles. The van der Waals surface area contributed by atoms with E-state index in [1.54, 1.807) is 0 Å². The molecular formula is C28H47N3O3. The lowest BCUT2D eigenvalue weighted by Gasteiger charge is -2.33. The molecule has 0 aliphatic carbocycles. The molecule has 1 aromatic rings. The zero-order valence-electron chi connectivity index (χ0n) is 21.7. The highest BCUT2D eigenvalue weighted by Gasteiger charge is 2.32. The minimum atomic E-state index is -0.169. The Hall–Kier alpha value is -2.08. The standard InChI is InChI=1S/C28H47N3O3/c1-3-5-7-9-12-20-30(21-13-10-8-6-4-2)28(33)31-26-23-25(34-22-14-11-19-29)17-15-24(26)16-18-27(31)32/h15,17,23H,3-14,16,18-22,29H2,1-2H3. The van der Waals surface area contributed by atoms with Gasteiger partial charge in [-0.3, -0.25) is 4.79 Å². The van der Waals surface area contributed by atoms with Crippen molar-refractivity contribution >= 4 is 17.6 Å². The fraction of sp³-hybridized carbons (Fsp3) is 0.714. The summed E-state index contributed by atoms with van der Waals surface area (Å²) in [6.07, 6.45) is 14.3. The Morgan fingerprint density at radius 1 is 0.912 bits per heavy atom. The maximum atomic E-state index is 13.7. The van der Waals surface area contributed by atoms with Gasteiger partial charge in [0.2, 0.25) is 5.91 Å². The number of hydrogen-bond acceptors (Lipinski definition) is 4. The number of unbranched alkanes of at least 4 members (excludes halogenated alkanes) is 9. The predicted octanol–water partition coefficient (Wildman–Crippen LogP) is 6.45. The van der Waals surface area contributed by atoms with E-state index in [9.17, 15) is 9.59 Å². The van der Waals surface area contributed by atoms with Gasteiger partial charge in [0.05, 0.1) is 12.3 Å². The summed E-state index contributed by atoms with van der Waals surface area (Å²) in [6, 6.07) is 5.64. The van der Waals surface area contributed by atoms with E-state index in [1.807, 2.05) is 23.1 Å². The first kappa shape index (κ1) is 28.2. The number of imide groups is 1. The van der Waals surface area contributed by atoms with Crippen LogP contribution in [-0.2, 0) is 11.2 Å². The first-order valence-corrected chi connectivity index (χ1v) is 13.7. The number of anilines is 1. The van der Waals surface area contributed by atoms with Crippen LogP contribution in [0.1, 0.15) is 103 Å². The lowest BCUT2D eigenvalue weighted by atomic mass is 10.0. The molecule has 34 heavy (non-hydrogen) atoms. The topological polar surface area (TPSA) is 75.9 Å². The molecule has 6 heteroatoms. The minimum absolute atomic E-state index is 0.111. The molecule has 2 N–H and O–H groups in total. The molecule has 0 fully saturated rings. The molecule has 1 aliphatic rings. The number of fused-ring (bicyclic) bond motifs is 1. The zero-order valence-corrected chi connectivity index (χ0v) is 21.7. The lowest BCUT2D eigenvalue weighted by molar-refractivity contribution is -0.118. The Morgan fingerprint density at radius 2 is 1.56 bits per heavy atom. The third kappa shape index (κ3) is 9.28. The molecule has 192 valence electrons. The Labute approximate surface area is 207 Å². The quantitative estimate of drug-likeness (QED) is 0.264. The molecule has 0 spiro atoms. The van der Waals surface area contributed by atoms with Gasteiger partial charge in [0.1, 0.15) is 5.75 Å². The number of aryl methyl sites for hydroxylation is 1. The SMILES string of the molecule is CCCCCCCN(CCCCCCC)C(=O)N1C(=O)CCc2ccc(OCCCCN)cc21. The number of nitrogens with zero attached hydrogens (tertiary/aromatic N) is 2. The number of ether oxygens (including phenoxy) is 1. The maximum absolute atomic E-state index is 13.7. The van der Waals surface area contributed by atoms with E-state index < -0.39 is 0 Å². The number of nitrogens with two attached hydrogens (primary N) is 1. The fourth-order valence-electron chi connectivity index (χ4n) is 4.44. The van der Waals surface area contributed by atoms with Crippen LogP contribution in [0, 0.1) is 0 Å². The molecule has 0 radical (unpaired) electrons. The number of carbonyl (C=O) groups excluding carboxylic acids is 2. The zero-order chi connectivity index (χ0) is 24.6. The molecule has 6 nitrogen and oxygen atoms in total. The van der Waals surface area contributed by atoms with Gasteiger partial charge in [-0.05, 0) is 50.3 Å². The third-order valence-electron chi connectivity index (χ3n) is 6.55. The summed E-state index contributed by atoms with van der Waals surface area (Å²) < 4.78 is 5.88. The molecule has 0 saturated heterocycles. The van der Waals surface area contributed by atoms with Crippen LogP contribution >= 0.6 is 0 Å². The normalized spacial score (nSPS) is 13.1. The van der Waals surface area contributed by atoms with Crippen LogP contribution in [0.15, 0.2) is 18.2 Å². The summed E-state index contributed by atoms with van der Waals surface area (Å²) in [4.78, 5) is 30.0. The van der Waals surface area contributed by atoms with Gasteiger partial charge in [0.15, 0.2) is 0 Å². The molecule has 0 atom stereocenters. The highest BCUT2D eigenvalue weighted by molar-refractivity contribution is 6.15. The van der Waals surface area contributed by atoms with E-state index in [0.717, 1.165) is 44.1 Å². The lowest BCUT2D eigenvalue weighted by Crippen LogP contribution is -2.49. The molecule has 1 heterocycles. The molecule has 1 aliphatic heterocycles. The highest BCUT2D eigenvalue weighted by Crippen LogP contribution is 2.32. The second-order valence-corrected chi connectivity index (χ2v) is 9.46. The fourth-order valence-corrected chi connectivity index (χ4v) is 4.44. The largest absolute Gasteiger partial charge is 0.494 e. The van der Waals surface area contributed by atoms with Crippen molar-refractivity contribution < 1.29 is 14.3 Å². The van der Waals surface area contributed by atoms with E-state index in [4.69, 9.17) is 10.5 Å². The van der Waals surface area contributed by atoms with Crippen molar-refractivity contribution in [2.45, 2.75) is 104 Å². The van der Waals surface area contributed by atoms with Gasteiger partial charge in [-0.25, -0.2) is 9.69 Å². The second kappa shape index (κ2) is 16.5. The first-order valence-electron chi connectivity index (χ1n) is 13.7. The Balaban J connectivity index is 2.11.